The molecule has 0 N–H and O–H groups in total. The number of aliphatic imine (C=N–C) groups is 1. The Kier molecular flexibility index (Phi) is 7.53. The van der Waals surface area contributed by atoms with Gasteiger partial charge < -0.3 is 4.74 Å². The van der Waals surface area contributed by atoms with Gasteiger partial charge in [-0.25, -0.2) is 4.99 Å². The second-order valence-corrected chi connectivity index (χ2v) is 15.6. The molecule has 0 radical (unpaired) electrons. The molecule has 1 heterocycles. The van der Waals surface area contributed by atoms with Crippen LogP contribution in [0.15, 0.2) is 108 Å². The molecule has 0 saturated heterocycles. The summed E-state index contributed by atoms with van der Waals surface area (Å²) >= 11 is 0. The van der Waals surface area contributed by atoms with E-state index in [2.05, 4.69) is 159 Å². The zero-order valence-corrected chi connectivity index (χ0v) is 26.1. The van der Waals surface area contributed by atoms with Gasteiger partial charge in [-0.05, 0) is 71.3 Å². The van der Waals surface area contributed by atoms with Crippen molar-refractivity contribution in [1.82, 2.24) is 0 Å². The Morgan fingerprint density at radius 3 is 1.62 bits per heavy atom. The van der Waals surface area contributed by atoms with E-state index in [0.29, 0.717) is 0 Å². The van der Waals surface area contributed by atoms with Gasteiger partial charge in [-0.1, -0.05) is 139 Å². The minimum atomic E-state index is -0.784. The fourth-order valence-corrected chi connectivity index (χ4v) is 7.75. The van der Waals surface area contributed by atoms with Crippen LogP contribution in [-0.2, 0) is 15.6 Å². The van der Waals surface area contributed by atoms with Crippen molar-refractivity contribution >= 4 is 29.7 Å². The van der Waals surface area contributed by atoms with Crippen LogP contribution in [0.5, 0.6) is 0 Å². The predicted molar refractivity (Wildman–Crippen MR) is 173 cm³/mol. The van der Waals surface area contributed by atoms with Gasteiger partial charge >= 0.3 is 0 Å². The molecule has 1 unspecified atom stereocenters. The fraction of sp³-hybridized carbons (Fsp3) is 0.324. The molecule has 4 aromatic rings. The summed E-state index contributed by atoms with van der Waals surface area (Å²) in [4.78, 5) is 5.36. The smallest absolute Gasteiger partial charge is 0.218 e. The molecule has 5 rings (SSSR count). The van der Waals surface area contributed by atoms with Crippen LogP contribution in [0, 0.1) is 0 Å². The van der Waals surface area contributed by atoms with E-state index in [9.17, 15) is 0 Å². The maximum absolute atomic E-state index is 6.78. The molecule has 206 valence electrons. The van der Waals surface area contributed by atoms with E-state index < -0.39 is 13.5 Å². The van der Waals surface area contributed by atoms with E-state index in [1.54, 1.807) is 0 Å². The van der Waals surface area contributed by atoms with Crippen LogP contribution in [0.2, 0.25) is 0 Å². The van der Waals surface area contributed by atoms with Crippen LogP contribution in [0.25, 0.3) is 0 Å². The summed E-state index contributed by atoms with van der Waals surface area (Å²) < 4.78 is 6.78. The van der Waals surface area contributed by atoms with E-state index in [1.807, 2.05) is 0 Å². The Bertz CT molecular complexity index is 1440. The summed E-state index contributed by atoms with van der Waals surface area (Å²) in [5.74, 6) is 0.739. The van der Waals surface area contributed by atoms with Gasteiger partial charge in [0, 0.05) is 5.56 Å². The third-order valence-electron chi connectivity index (χ3n) is 7.67. The average Bonchev–Trinajstić information content (AvgIpc) is 3.24. The summed E-state index contributed by atoms with van der Waals surface area (Å²) in [6, 6.07) is 37.3. The summed E-state index contributed by atoms with van der Waals surface area (Å²) in [7, 11) is -0.784. The average molecular weight is 548 g/mol. The van der Waals surface area contributed by atoms with Crippen molar-refractivity contribution in [2.45, 2.75) is 77.9 Å². The fourth-order valence-electron chi connectivity index (χ4n) is 5.31. The zero-order chi connectivity index (χ0) is 28.7. The summed E-state index contributed by atoms with van der Waals surface area (Å²) in [6.45, 7) is 18.1. The van der Waals surface area contributed by atoms with Crippen molar-refractivity contribution in [2.75, 3.05) is 0 Å². The number of ether oxygens (including phenoxy) is 1. The van der Waals surface area contributed by atoms with Crippen LogP contribution >= 0.6 is 7.92 Å². The molecule has 0 spiro atoms. The topological polar surface area (TPSA) is 21.6 Å². The van der Waals surface area contributed by atoms with Crippen molar-refractivity contribution in [3.63, 3.8) is 0 Å². The monoisotopic (exact) mass is 547 g/mol. The quantitative estimate of drug-likeness (QED) is 0.230. The maximum Gasteiger partial charge on any atom is 0.218 e. The molecule has 2 nitrogen and oxygen atoms in total. The summed E-state index contributed by atoms with van der Waals surface area (Å²) in [6.07, 6.45) is 0. The highest BCUT2D eigenvalue weighted by molar-refractivity contribution is 7.80. The molecule has 0 bridgehead atoms. The molecule has 3 heteroatoms. The molecule has 4 aromatic carbocycles. The predicted octanol–water partition coefficient (Wildman–Crippen LogP) is 8.34. The molecule has 0 amide bonds. The molecule has 1 aliphatic rings. The zero-order valence-electron chi connectivity index (χ0n) is 25.2. The van der Waals surface area contributed by atoms with Crippen molar-refractivity contribution in [1.29, 1.82) is 0 Å². The van der Waals surface area contributed by atoms with Crippen molar-refractivity contribution in [3.05, 3.63) is 125 Å². The normalized spacial score (nSPS) is 17.0. The Labute approximate surface area is 242 Å². The minimum Gasteiger partial charge on any atom is -0.469 e. The van der Waals surface area contributed by atoms with Crippen LogP contribution in [-0.4, -0.2) is 11.5 Å². The molecule has 0 fully saturated rings. The lowest BCUT2D eigenvalue weighted by Crippen LogP contribution is -2.30. The number of nitrogens with zero attached hydrogens (tertiary/aromatic N) is 1. The maximum atomic E-state index is 6.78. The van der Waals surface area contributed by atoms with Crippen LogP contribution < -0.4 is 15.9 Å². The standard InChI is InChI=1S/C37H42NOP/c1-35(2,3)27-23-26(24-28(25-27)36(4,5)6)33-37(7,8)39-34(38-33)31-21-15-16-22-32(31)40(29-17-11-9-12-18-29)30-19-13-10-14-20-30/h9-25,33H,1-8H3. The van der Waals surface area contributed by atoms with E-state index in [-0.39, 0.29) is 16.9 Å². The third-order valence-corrected chi connectivity index (χ3v) is 10.2. The lowest BCUT2D eigenvalue weighted by atomic mass is 9.77. The van der Waals surface area contributed by atoms with E-state index >= 15 is 0 Å². The first kappa shape index (κ1) is 28.3. The Morgan fingerprint density at radius 1 is 0.650 bits per heavy atom. The Hall–Kier alpha value is -3.22. The van der Waals surface area contributed by atoms with Crippen molar-refractivity contribution < 1.29 is 4.74 Å². The largest absolute Gasteiger partial charge is 0.469 e. The Balaban J connectivity index is 1.65. The minimum absolute atomic E-state index is 0.0416. The first-order valence-corrected chi connectivity index (χ1v) is 15.6. The van der Waals surface area contributed by atoms with Gasteiger partial charge in [0.2, 0.25) is 5.90 Å². The highest BCUT2D eigenvalue weighted by Gasteiger charge is 2.41. The number of benzene rings is 4. The number of hydrogen-bond acceptors (Lipinski definition) is 2. The van der Waals surface area contributed by atoms with Crippen molar-refractivity contribution in [2.24, 2.45) is 4.99 Å². The highest BCUT2D eigenvalue weighted by atomic mass is 31.1. The molecule has 0 aromatic heterocycles. The second-order valence-electron chi connectivity index (χ2n) is 13.4. The lowest BCUT2D eigenvalue weighted by Gasteiger charge is -2.30. The first-order valence-electron chi connectivity index (χ1n) is 14.3. The molecule has 40 heavy (non-hydrogen) atoms. The van der Waals surface area contributed by atoms with Crippen LogP contribution in [0.4, 0.5) is 0 Å². The van der Waals surface area contributed by atoms with Gasteiger partial charge in [0.05, 0.1) is 0 Å². The van der Waals surface area contributed by atoms with Crippen molar-refractivity contribution in [3.8, 4) is 0 Å². The molecule has 1 atom stereocenters. The van der Waals surface area contributed by atoms with Gasteiger partial charge in [0.15, 0.2) is 0 Å². The van der Waals surface area contributed by atoms with E-state index in [4.69, 9.17) is 9.73 Å². The molecular weight excluding hydrogens is 505 g/mol. The Morgan fingerprint density at radius 2 is 1.12 bits per heavy atom. The number of rotatable bonds is 5. The van der Waals surface area contributed by atoms with Gasteiger partial charge in [-0.3, -0.25) is 0 Å². The molecule has 0 aliphatic carbocycles. The second kappa shape index (κ2) is 10.6. The number of hydrogen-bond donors (Lipinski definition) is 0. The molecular formula is C37H42NOP. The van der Waals surface area contributed by atoms with Gasteiger partial charge in [-0.15, -0.1) is 0 Å². The highest BCUT2D eigenvalue weighted by Crippen LogP contribution is 2.43. The summed E-state index contributed by atoms with van der Waals surface area (Å²) in [5.41, 5.74) is 4.59. The lowest BCUT2D eigenvalue weighted by molar-refractivity contribution is 0.0973. The van der Waals surface area contributed by atoms with Gasteiger partial charge in [0.1, 0.15) is 11.6 Å². The van der Waals surface area contributed by atoms with Gasteiger partial charge in [0.25, 0.3) is 0 Å². The summed E-state index contributed by atoms with van der Waals surface area (Å²) in [5, 5.41) is 3.90. The third kappa shape index (κ3) is 5.79. The van der Waals surface area contributed by atoms with E-state index in [0.717, 1.165) is 11.5 Å². The van der Waals surface area contributed by atoms with Gasteiger partial charge in [-0.2, -0.15) is 0 Å². The molecule has 0 saturated carbocycles. The first-order chi connectivity index (χ1) is 18.8. The SMILES string of the molecule is CC(C)(C)c1cc(C2N=C(c3ccccc3P(c3ccccc3)c3ccccc3)OC2(C)C)cc(C(C)(C)C)c1. The van der Waals surface area contributed by atoms with Crippen LogP contribution in [0.1, 0.15) is 83.7 Å². The van der Waals surface area contributed by atoms with Crippen LogP contribution in [0.3, 0.4) is 0 Å². The molecule has 1 aliphatic heterocycles. The van der Waals surface area contributed by atoms with E-state index in [1.165, 1.54) is 32.6 Å².